The van der Waals surface area contributed by atoms with Crippen molar-refractivity contribution in [1.82, 2.24) is 4.31 Å². The fourth-order valence-corrected chi connectivity index (χ4v) is 3.89. The number of hydrogen-bond donors (Lipinski definition) is 2. The molecular formula is C14H16F6N2O3S. The van der Waals surface area contributed by atoms with Gasteiger partial charge in [-0.15, -0.1) is 0 Å². The quantitative estimate of drug-likeness (QED) is 0.755. The SMILES string of the molecule is O=S(=O)(Nc1ccc(C(O)(C(F)(F)F)C(F)(F)F)cc1)N1CCCCC1. The topological polar surface area (TPSA) is 69.6 Å². The first-order valence-corrected chi connectivity index (χ1v) is 8.97. The maximum absolute atomic E-state index is 12.8. The van der Waals surface area contributed by atoms with Crippen LogP contribution >= 0.6 is 0 Å². The lowest BCUT2D eigenvalue weighted by atomic mass is 9.92. The fourth-order valence-electron chi connectivity index (χ4n) is 2.59. The van der Waals surface area contributed by atoms with Gasteiger partial charge in [0.1, 0.15) is 0 Å². The van der Waals surface area contributed by atoms with Crippen LogP contribution in [0.25, 0.3) is 0 Å². The van der Waals surface area contributed by atoms with Crippen LogP contribution in [0.3, 0.4) is 0 Å². The van der Waals surface area contributed by atoms with Gasteiger partial charge in [-0.1, -0.05) is 18.6 Å². The normalized spacial score (nSPS) is 18.0. The maximum Gasteiger partial charge on any atom is 0.430 e. The minimum absolute atomic E-state index is 0.217. The molecule has 148 valence electrons. The molecule has 0 unspecified atom stereocenters. The van der Waals surface area contributed by atoms with Crippen molar-refractivity contribution < 1.29 is 39.9 Å². The zero-order valence-electron chi connectivity index (χ0n) is 13.2. The lowest BCUT2D eigenvalue weighted by molar-refractivity contribution is -0.376. The van der Waals surface area contributed by atoms with E-state index in [0.717, 1.165) is 22.9 Å². The van der Waals surface area contributed by atoms with Gasteiger partial charge in [0.2, 0.25) is 0 Å². The third kappa shape index (κ3) is 3.91. The van der Waals surface area contributed by atoms with Gasteiger partial charge >= 0.3 is 22.6 Å². The molecule has 0 spiro atoms. The summed E-state index contributed by atoms with van der Waals surface area (Å²) < 4.78 is 104. The van der Waals surface area contributed by atoms with Crippen LogP contribution in [0.15, 0.2) is 24.3 Å². The van der Waals surface area contributed by atoms with Crippen LogP contribution in [0.2, 0.25) is 0 Å². The molecule has 1 saturated heterocycles. The Bertz CT molecular complexity index is 711. The summed E-state index contributed by atoms with van der Waals surface area (Å²) in [6.45, 7) is 0.546. The van der Waals surface area contributed by atoms with E-state index in [1.54, 1.807) is 0 Å². The number of rotatable bonds is 4. The average Bonchev–Trinajstić information content (AvgIpc) is 2.53. The van der Waals surface area contributed by atoms with E-state index in [-0.39, 0.29) is 18.8 Å². The molecule has 1 aliphatic rings. The highest BCUT2D eigenvalue weighted by Crippen LogP contribution is 2.50. The lowest BCUT2D eigenvalue weighted by Gasteiger charge is -2.32. The number of hydrogen-bond acceptors (Lipinski definition) is 3. The number of nitrogens with one attached hydrogen (secondary N) is 1. The van der Waals surface area contributed by atoms with Gasteiger partial charge in [0.25, 0.3) is 5.60 Å². The summed E-state index contributed by atoms with van der Waals surface area (Å²) in [6.07, 6.45) is -9.82. The van der Waals surface area contributed by atoms with Gasteiger partial charge in [0, 0.05) is 24.3 Å². The molecule has 1 heterocycles. The molecule has 5 nitrogen and oxygen atoms in total. The number of halogens is 6. The standard InChI is InChI=1S/C14H16F6N2O3S/c15-13(16,17)12(23,14(18,19)20)10-4-6-11(7-5-10)21-26(24,25)22-8-2-1-3-9-22/h4-7,21,23H,1-3,8-9H2. The molecule has 1 aromatic carbocycles. The Labute approximate surface area is 145 Å². The highest BCUT2D eigenvalue weighted by Gasteiger charge is 2.71. The predicted molar refractivity (Wildman–Crippen MR) is 80.4 cm³/mol. The Morgan fingerprint density at radius 3 is 1.77 bits per heavy atom. The summed E-state index contributed by atoms with van der Waals surface area (Å²) in [5.41, 5.74) is -6.73. The number of anilines is 1. The monoisotopic (exact) mass is 406 g/mol. The van der Waals surface area contributed by atoms with Gasteiger partial charge in [-0.05, 0) is 25.0 Å². The summed E-state index contributed by atoms with van der Waals surface area (Å²) in [7, 11) is -3.97. The van der Waals surface area contributed by atoms with Crippen molar-refractivity contribution in [2.45, 2.75) is 37.2 Å². The molecule has 1 aromatic rings. The Balaban J connectivity index is 2.27. The molecule has 0 aliphatic carbocycles. The van der Waals surface area contributed by atoms with Crippen molar-refractivity contribution in [2.24, 2.45) is 0 Å². The zero-order valence-corrected chi connectivity index (χ0v) is 14.0. The minimum Gasteiger partial charge on any atom is -0.369 e. The van der Waals surface area contributed by atoms with Crippen LogP contribution in [0.4, 0.5) is 32.0 Å². The first-order valence-electron chi connectivity index (χ1n) is 7.53. The van der Waals surface area contributed by atoms with Gasteiger partial charge in [-0.25, -0.2) is 0 Å². The second-order valence-electron chi connectivity index (χ2n) is 5.85. The predicted octanol–water partition coefficient (Wildman–Crippen LogP) is 3.14. The third-order valence-electron chi connectivity index (χ3n) is 4.02. The van der Waals surface area contributed by atoms with E-state index in [2.05, 4.69) is 4.72 Å². The highest BCUT2D eigenvalue weighted by atomic mass is 32.2. The Morgan fingerprint density at radius 1 is 0.885 bits per heavy atom. The van der Waals surface area contributed by atoms with E-state index in [4.69, 9.17) is 0 Å². The highest BCUT2D eigenvalue weighted by molar-refractivity contribution is 7.90. The fraction of sp³-hybridized carbons (Fsp3) is 0.571. The number of aliphatic hydroxyl groups is 1. The summed E-state index contributed by atoms with van der Waals surface area (Å²) in [5.74, 6) is 0. The number of alkyl halides is 6. The van der Waals surface area contributed by atoms with Gasteiger partial charge in [0.05, 0.1) is 0 Å². The molecule has 12 heteroatoms. The van der Waals surface area contributed by atoms with Crippen LogP contribution < -0.4 is 4.72 Å². The minimum atomic E-state index is -6.00. The first-order chi connectivity index (χ1) is 11.8. The molecule has 26 heavy (non-hydrogen) atoms. The molecular weight excluding hydrogens is 390 g/mol. The van der Waals surface area contributed by atoms with E-state index in [0.29, 0.717) is 25.0 Å². The van der Waals surface area contributed by atoms with Crippen LogP contribution in [0, 0.1) is 0 Å². The maximum atomic E-state index is 12.8. The summed E-state index contributed by atoms with van der Waals surface area (Å²) in [4.78, 5) is 0. The van der Waals surface area contributed by atoms with E-state index in [1.807, 2.05) is 0 Å². The van der Waals surface area contributed by atoms with Crippen LogP contribution in [-0.4, -0.2) is 43.3 Å². The zero-order chi connectivity index (χ0) is 19.8. The molecule has 1 fully saturated rings. The lowest BCUT2D eigenvalue weighted by Crippen LogP contribution is -2.53. The molecule has 0 bridgehead atoms. The van der Waals surface area contributed by atoms with E-state index in [9.17, 15) is 39.9 Å². The van der Waals surface area contributed by atoms with Gasteiger partial charge < -0.3 is 5.11 Å². The molecule has 2 rings (SSSR count). The van der Waals surface area contributed by atoms with E-state index < -0.39 is 33.7 Å². The Kier molecular flexibility index (Phi) is 5.51. The number of nitrogens with zero attached hydrogens (tertiary/aromatic N) is 1. The molecule has 1 aliphatic heterocycles. The Hall–Kier alpha value is -1.53. The van der Waals surface area contributed by atoms with Crippen molar-refractivity contribution in [3.05, 3.63) is 29.8 Å². The van der Waals surface area contributed by atoms with Crippen LogP contribution in [-0.2, 0) is 15.8 Å². The Morgan fingerprint density at radius 2 is 1.35 bits per heavy atom. The molecule has 0 amide bonds. The average molecular weight is 406 g/mol. The van der Waals surface area contributed by atoms with Crippen molar-refractivity contribution in [2.75, 3.05) is 17.8 Å². The van der Waals surface area contributed by atoms with Gasteiger partial charge in [0.15, 0.2) is 0 Å². The smallest absolute Gasteiger partial charge is 0.369 e. The largest absolute Gasteiger partial charge is 0.430 e. The van der Waals surface area contributed by atoms with E-state index >= 15 is 0 Å². The third-order valence-corrected chi connectivity index (χ3v) is 5.56. The van der Waals surface area contributed by atoms with Crippen LogP contribution in [0.1, 0.15) is 24.8 Å². The molecule has 0 saturated carbocycles. The van der Waals surface area contributed by atoms with Gasteiger partial charge in [-0.3, -0.25) is 4.72 Å². The van der Waals surface area contributed by atoms with Crippen molar-refractivity contribution in [3.63, 3.8) is 0 Å². The second-order valence-corrected chi connectivity index (χ2v) is 7.52. The molecule has 0 aromatic heterocycles. The number of piperidine rings is 1. The first kappa shape index (κ1) is 20.8. The summed E-state index contributed by atoms with van der Waals surface area (Å²) >= 11 is 0. The second kappa shape index (κ2) is 6.89. The summed E-state index contributed by atoms with van der Waals surface area (Å²) in [6, 6.07) is 2.24. The molecule has 0 atom stereocenters. The van der Waals surface area contributed by atoms with Crippen LogP contribution in [0.5, 0.6) is 0 Å². The van der Waals surface area contributed by atoms with E-state index in [1.165, 1.54) is 0 Å². The molecule has 2 N–H and O–H groups in total. The summed E-state index contributed by atoms with van der Waals surface area (Å²) in [5, 5.41) is 9.29. The molecule has 0 radical (unpaired) electrons. The van der Waals surface area contributed by atoms with Crippen molar-refractivity contribution in [1.29, 1.82) is 0 Å². The number of benzene rings is 1. The van der Waals surface area contributed by atoms with Crippen molar-refractivity contribution >= 4 is 15.9 Å². The van der Waals surface area contributed by atoms with Gasteiger partial charge in [-0.2, -0.15) is 39.1 Å². The van der Waals surface area contributed by atoms with Crippen molar-refractivity contribution in [3.8, 4) is 0 Å².